The summed E-state index contributed by atoms with van der Waals surface area (Å²) in [5, 5.41) is 15.1. The Balaban J connectivity index is 1.95. The number of nitrogens with zero attached hydrogens (tertiary/aromatic N) is 4. The average molecular weight is 336 g/mol. The van der Waals surface area contributed by atoms with E-state index in [0.717, 1.165) is 44.2 Å². The van der Waals surface area contributed by atoms with Gasteiger partial charge >= 0.3 is 0 Å². The Hall–Kier alpha value is -1.63. The number of aromatic nitrogens is 3. The summed E-state index contributed by atoms with van der Waals surface area (Å²) < 4.78 is 7.97. The zero-order chi connectivity index (χ0) is 17.6. The quantitative estimate of drug-likeness (QED) is 0.560. The Labute approximate surface area is 145 Å². The van der Waals surface area contributed by atoms with Gasteiger partial charge in [0.2, 0.25) is 0 Å². The summed E-state index contributed by atoms with van der Waals surface area (Å²) in [6, 6.07) is 0.388. The van der Waals surface area contributed by atoms with Crippen LogP contribution in [0.5, 0.6) is 0 Å². The second-order valence-corrected chi connectivity index (χ2v) is 6.28. The lowest BCUT2D eigenvalue weighted by atomic mass is 9.58. The molecule has 1 heterocycles. The summed E-state index contributed by atoms with van der Waals surface area (Å²) in [5.74, 6) is 1.73. The molecule has 1 aromatic rings. The Morgan fingerprint density at radius 1 is 1.38 bits per heavy atom. The third kappa shape index (κ3) is 3.55. The molecule has 1 fully saturated rings. The van der Waals surface area contributed by atoms with Crippen molar-refractivity contribution >= 4 is 5.96 Å². The molecule has 24 heavy (non-hydrogen) atoms. The van der Waals surface area contributed by atoms with Crippen molar-refractivity contribution in [2.45, 2.75) is 72.2 Å². The monoisotopic (exact) mass is 336 g/mol. The summed E-state index contributed by atoms with van der Waals surface area (Å²) in [6.45, 7) is 10.9. The topological polar surface area (TPSA) is 76.4 Å². The van der Waals surface area contributed by atoms with Crippen LogP contribution in [0.25, 0.3) is 0 Å². The molecular formula is C17H32N6O. The molecule has 7 heteroatoms. The van der Waals surface area contributed by atoms with Crippen LogP contribution >= 0.6 is 0 Å². The molecule has 1 saturated carbocycles. The van der Waals surface area contributed by atoms with Gasteiger partial charge in [0.05, 0.1) is 12.6 Å². The van der Waals surface area contributed by atoms with Crippen molar-refractivity contribution in [1.29, 1.82) is 0 Å². The summed E-state index contributed by atoms with van der Waals surface area (Å²) in [6.07, 6.45) is 5.34. The molecule has 2 N–H and O–H groups in total. The number of nitrogens with one attached hydrogen (secondary N) is 2. The lowest BCUT2D eigenvalue weighted by Crippen LogP contribution is -2.65. The van der Waals surface area contributed by atoms with E-state index >= 15 is 0 Å². The first kappa shape index (κ1) is 18.7. The molecule has 2 rings (SSSR count). The van der Waals surface area contributed by atoms with Crippen molar-refractivity contribution in [2.75, 3.05) is 13.7 Å². The maximum atomic E-state index is 5.95. The fourth-order valence-corrected chi connectivity index (χ4v) is 3.79. The van der Waals surface area contributed by atoms with Crippen LogP contribution in [-0.4, -0.2) is 46.5 Å². The fourth-order valence-electron chi connectivity index (χ4n) is 3.79. The van der Waals surface area contributed by atoms with Crippen LogP contribution in [-0.2, 0) is 17.8 Å². The van der Waals surface area contributed by atoms with Gasteiger partial charge in [0.15, 0.2) is 11.8 Å². The lowest BCUT2D eigenvalue weighted by Gasteiger charge is -2.55. The molecule has 0 saturated heterocycles. The van der Waals surface area contributed by atoms with Crippen LogP contribution in [0.3, 0.4) is 0 Å². The predicted octanol–water partition coefficient (Wildman–Crippen LogP) is 1.95. The summed E-state index contributed by atoms with van der Waals surface area (Å²) >= 11 is 0. The molecule has 0 bridgehead atoms. The van der Waals surface area contributed by atoms with E-state index in [1.807, 2.05) is 4.57 Å². The van der Waals surface area contributed by atoms with Crippen molar-refractivity contribution in [3.05, 3.63) is 12.2 Å². The number of rotatable bonds is 8. The second kappa shape index (κ2) is 8.46. The molecule has 2 unspecified atom stereocenters. The zero-order valence-electron chi connectivity index (χ0n) is 15.7. The number of aryl methyl sites for hydroxylation is 1. The number of aliphatic imine (C=N–C) groups is 1. The minimum Gasteiger partial charge on any atom is -0.378 e. The molecule has 0 aliphatic heterocycles. The smallest absolute Gasteiger partial charge is 0.191 e. The predicted molar refractivity (Wildman–Crippen MR) is 95.9 cm³/mol. The molecule has 7 nitrogen and oxygen atoms in total. The van der Waals surface area contributed by atoms with E-state index in [-0.39, 0.29) is 5.41 Å². The van der Waals surface area contributed by atoms with Crippen LogP contribution in [0.15, 0.2) is 11.3 Å². The molecule has 136 valence electrons. The van der Waals surface area contributed by atoms with Crippen molar-refractivity contribution in [1.82, 2.24) is 25.4 Å². The van der Waals surface area contributed by atoms with Gasteiger partial charge in [0.25, 0.3) is 0 Å². The van der Waals surface area contributed by atoms with E-state index in [0.29, 0.717) is 18.7 Å². The number of hydrogen-bond acceptors (Lipinski definition) is 4. The van der Waals surface area contributed by atoms with Gasteiger partial charge in [-0.15, -0.1) is 10.2 Å². The molecule has 1 aliphatic carbocycles. The van der Waals surface area contributed by atoms with Gasteiger partial charge in [-0.1, -0.05) is 13.8 Å². The Morgan fingerprint density at radius 2 is 2.12 bits per heavy atom. The van der Waals surface area contributed by atoms with Crippen LogP contribution in [0.4, 0.5) is 0 Å². The van der Waals surface area contributed by atoms with E-state index in [1.165, 1.54) is 0 Å². The average Bonchev–Trinajstić information content (AvgIpc) is 3.05. The first-order chi connectivity index (χ1) is 11.6. The highest BCUT2D eigenvalue weighted by Gasteiger charge is 2.53. The highest BCUT2D eigenvalue weighted by atomic mass is 16.5. The summed E-state index contributed by atoms with van der Waals surface area (Å²) in [4.78, 5) is 4.37. The number of guanidine groups is 1. The molecule has 2 atom stereocenters. The third-order valence-electron chi connectivity index (χ3n) is 5.45. The second-order valence-electron chi connectivity index (χ2n) is 6.28. The molecule has 1 aliphatic rings. The van der Waals surface area contributed by atoms with E-state index in [4.69, 9.17) is 4.74 Å². The van der Waals surface area contributed by atoms with Gasteiger partial charge in [0, 0.05) is 31.7 Å². The van der Waals surface area contributed by atoms with Gasteiger partial charge in [-0.2, -0.15) is 0 Å². The Kier molecular flexibility index (Phi) is 6.60. The van der Waals surface area contributed by atoms with Crippen molar-refractivity contribution < 1.29 is 4.74 Å². The van der Waals surface area contributed by atoms with Crippen molar-refractivity contribution in [3.63, 3.8) is 0 Å². The van der Waals surface area contributed by atoms with Crippen molar-refractivity contribution in [2.24, 2.45) is 10.4 Å². The van der Waals surface area contributed by atoms with Gasteiger partial charge in [-0.3, -0.25) is 4.99 Å². The van der Waals surface area contributed by atoms with Crippen molar-refractivity contribution in [3.8, 4) is 0 Å². The maximum absolute atomic E-state index is 5.95. The normalized spacial score (nSPS) is 23.0. The fraction of sp³-hybridized carbons (Fsp3) is 0.824. The summed E-state index contributed by atoms with van der Waals surface area (Å²) in [5.41, 5.74) is 0.192. The molecule has 0 aromatic carbocycles. The lowest BCUT2D eigenvalue weighted by molar-refractivity contribution is -0.133. The Bertz CT molecular complexity index is 537. The molecule has 0 radical (unpaired) electrons. The van der Waals surface area contributed by atoms with Crippen LogP contribution in [0.2, 0.25) is 0 Å². The largest absolute Gasteiger partial charge is 0.378 e. The first-order valence-electron chi connectivity index (χ1n) is 9.10. The van der Waals surface area contributed by atoms with E-state index in [1.54, 1.807) is 13.4 Å². The highest BCUT2D eigenvalue weighted by Crippen LogP contribution is 2.48. The van der Waals surface area contributed by atoms with Crippen LogP contribution in [0, 0.1) is 5.41 Å². The zero-order valence-corrected chi connectivity index (χ0v) is 15.7. The molecule has 1 aromatic heterocycles. The minimum atomic E-state index is 0.192. The number of hydrogen-bond donors (Lipinski definition) is 2. The van der Waals surface area contributed by atoms with E-state index in [2.05, 4.69) is 53.5 Å². The summed E-state index contributed by atoms with van der Waals surface area (Å²) in [7, 11) is 1.80. The standard InChI is InChI=1S/C17H32N6O/c1-6-17(7-2)13(10-14(17)24-9-4)21-16(18-5)19-11-15-22-20-12-23(15)8-3/h12-14H,6-11H2,1-5H3,(H2,18,19,21). The SMILES string of the molecule is CCOC1CC(NC(=NC)NCc2nncn2CC)C1(CC)CC. The van der Waals surface area contributed by atoms with E-state index < -0.39 is 0 Å². The third-order valence-corrected chi connectivity index (χ3v) is 5.45. The van der Waals surface area contributed by atoms with Crippen LogP contribution in [0.1, 0.15) is 52.8 Å². The molecule has 0 amide bonds. The maximum Gasteiger partial charge on any atom is 0.191 e. The van der Waals surface area contributed by atoms with E-state index in [9.17, 15) is 0 Å². The van der Waals surface area contributed by atoms with Gasteiger partial charge in [-0.05, 0) is 33.1 Å². The Morgan fingerprint density at radius 3 is 2.71 bits per heavy atom. The first-order valence-corrected chi connectivity index (χ1v) is 9.10. The minimum absolute atomic E-state index is 0.192. The van der Waals surface area contributed by atoms with Crippen LogP contribution < -0.4 is 10.6 Å². The van der Waals surface area contributed by atoms with Gasteiger partial charge in [-0.25, -0.2) is 0 Å². The number of ether oxygens (including phenoxy) is 1. The molecular weight excluding hydrogens is 304 g/mol. The van der Waals surface area contributed by atoms with Gasteiger partial charge < -0.3 is 19.9 Å². The highest BCUT2D eigenvalue weighted by molar-refractivity contribution is 5.80. The molecule has 0 spiro atoms. The van der Waals surface area contributed by atoms with Gasteiger partial charge in [0.1, 0.15) is 6.33 Å².